The number of fused-ring (bicyclic) bond motifs is 1. The van der Waals surface area contributed by atoms with Gasteiger partial charge in [-0.1, -0.05) is 12.1 Å². The molecule has 5 nitrogen and oxygen atoms in total. The molecule has 2 N–H and O–H groups in total. The van der Waals surface area contributed by atoms with Gasteiger partial charge in [0.15, 0.2) is 11.5 Å². The Bertz CT molecular complexity index is 893. The van der Waals surface area contributed by atoms with Crippen molar-refractivity contribution in [1.29, 1.82) is 0 Å². The average molecular weight is 335 g/mol. The fraction of sp³-hybridized carbons (Fsp3) is 0.300. The SMILES string of the molecule is Cc1nc2cc(NC(=O)c3ccc(C4CCCNC4)cc3)ccc2o1. The van der Waals surface area contributed by atoms with E-state index in [1.807, 2.05) is 37.3 Å². The Morgan fingerprint density at radius 2 is 2.08 bits per heavy atom. The Labute approximate surface area is 146 Å². The Morgan fingerprint density at radius 3 is 2.84 bits per heavy atom. The van der Waals surface area contributed by atoms with E-state index < -0.39 is 0 Å². The van der Waals surface area contributed by atoms with Gasteiger partial charge in [-0.25, -0.2) is 4.98 Å². The molecule has 2 aromatic carbocycles. The second-order valence-electron chi connectivity index (χ2n) is 6.53. The molecular weight excluding hydrogens is 314 g/mol. The lowest BCUT2D eigenvalue weighted by Gasteiger charge is -2.23. The van der Waals surface area contributed by atoms with Crippen LogP contribution in [0, 0.1) is 6.92 Å². The molecule has 0 aliphatic carbocycles. The summed E-state index contributed by atoms with van der Waals surface area (Å²) in [5, 5.41) is 6.35. The molecule has 5 heteroatoms. The van der Waals surface area contributed by atoms with Crippen molar-refractivity contribution in [3.8, 4) is 0 Å². The second-order valence-corrected chi connectivity index (χ2v) is 6.53. The summed E-state index contributed by atoms with van der Waals surface area (Å²) in [5.74, 6) is 1.04. The van der Waals surface area contributed by atoms with E-state index in [-0.39, 0.29) is 5.91 Å². The van der Waals surface area contributed by atoms with Crippen molar-refractivity contribution in [2.45, 2.75) is 25.7 Å². The highest BCUT2D eigenvalue weighted by molar-refractivity contribution is 6.04. The first-order valence-corrected chi connectivity index (χ1v) is 8.68. The lowest BCUT2D eigenvalue weighted by atomic mass is 9.91. The molecule has 1 amide bonds. The van der Waals surface area contributed by atoms with E-state index in [0.29, 0.717) is 23.1 Å². The van der Waals surface area contributed by atoms with Gasteiger partial charge in [0, 0.05) is 24.7 Å². The average Bonchev–Trinajstić information content (AvgIpc) is 3.02. The monoisotopic (exact) mass is 335 g/mol. The standard InChI is InChI=1S/C20H21N3O2/c1-13-22-18-11-17(8-9-19(18)25-13)23-20(24)15-6-4-14(5-7-15)16-3-2-10-21-12-16/h4-9,11,16,21H,2-3,10,12H2,1H3,(H,23,24). The number of oxazole rings is 1. The highest BCUT2D eigenvalue weighted by atomic mass is 16.3. The van der Waals surface area contributed by atoms with Gasteiger partial charge in [0.25, 0.3) is 5.91 Å². The molecule has 4 rings (SSSR count). The van der Waals surface area contributed by atoms with Crippen LogP contribution >= 0.6 is 0 Å². The van der Waals surface area contributed by atoms with Gasteiger partial charge in [0.1, 0.15) is 5.52 Å². The fourth-order valence-corrected chi connectivity index (χ4v) is 3.37. The number of amides is 1. The van der Waals surface area contributed by atoms with Crippen LogP contribution in [-0.2, 0) is 0 Å². The molecule has 0 saturated carbocycles. The zero-order valence-corrected chi connectivity index (χ0v) is 14.2. The number of nitrogens with one attached hydrogen (secondary N) is 2. The van der Waals surface area contributed by atoms with Crippen molar-refractivity contribution in [2.75, 3.05) is 18.4 Å². The van der Waals surface area contributed by atoms with E-state index in [1.54, 1.807) is 0 Å². The number of benzene rings is 2. The van der Waals surface area contributed by atoms with Gasteiger partial charge in [0.05, 0.1) is 0 Å². The third kappa shape index (κ3) is 3.42. The topological polar surface area (TPSA) is 67.2 Å². The minimum absolute atomic E-state index is 0.118. The second kappa shape index (κ2) is 6.69. The number of hydrogen-bond donors (Lipinski definition) is 2. The molecule has 128 valence electrons. The lowest BCUT2D eigenvalue weighted by Crippen LogP contribution is -2.28. The van der Waals surface area contributed by atoms with Crippen molar-refractivity contribution in [1.82, 2.24) is 10.3 Å². The zero-order chi connectivity index (χ0) is 17.2. The van der Waals surface area contributed by atoms with Crippen LogP contribution in [0.3, 0.4) is 0 Å². The number of aryl methyl sites for hydroxylation is 1. The third-order valence-electron chi connectivity index (χ3n) is 4.69. The van der Waals surface area contributed by atoms with Gasteiger partial charge < -0.3 is 15.1 Å². The summed E-state index contributed by atoms with van der Waals surface area (Å²) in [6, 6.07) is 13.4. The van der Waals surface area contributed by atoms with E-state index in [2.05, 4.69) is 27.8 Å². The Balaban J connectivity index is 1.47. The normalized spacial score (nSPS) is 17.6. The Kier molecular flexibility index (Phi) is 4.24. The van der Waals surface area contributed by atoms with Crippen LogP contribution in [0.15, 0.2) is 46.9 Å². The van der Waals surface area contributed by atoms with Crippen LogP contribution in [0.5, 0.6) is 0 Å². The summed E-state index contributed by atoms with van der Waals surface area (Å²) in [4.78, 5) is 16.8. The molecule has 1 atom stereocenters. The molecule has 25 heavy (non-hydrogen) atoms. The lowest BCUT2D eigenvalue weighted by molar-refractivity contribution is 0.102. The Morgan fingerprint density at radius 1 is 1.24 bits per heavy atom. The molecule has 1 fully saturated rings. The van der Waals surface area contributed by atoms with Gasteiger partial charge >= 0.3 is 0 Å². The Hall–Kier alpha value is -2.66. The van der Waals surface area contributed by atoms with Crippen LogP contribution in [0.1, 0.15) is 40.6 Å². The molecule has 1 saturated heterocycles. The number of carbonyl (C=O) groups is 1. The van der Waals surface area contributed by atoms with Crippen molar-refractivity contribution in [3.05, 3.63) is 59.5 Å². The molecule has 0 radical (unpaired) electrons. The van der Waals surface area contributed by atoms with E-state index in [4.69, 9.17) is 4.42 Å². The van der Waals surface area contributed by atoms with Gasteiger partial charge in [0.2, 0.25) is 0 Å². The first-order valence-electron chi connectivity index (χ1n) is 8.68. The molecule has 1 aliphatic rings. The molecular formula is C20H21N3O2. The first-order chi connectivity index (χ1) is 12.2. The van der Waals surface area contributed by atoms with Gasteiger partial charge in [-0.15, -0.1) is 0 Å². The molecule has 1 aromatic heterocycles. The summed E-state index contributed by atoms with van der Waals surface area (Å²) < 4.78 is 5.45. The highest BCUT2D eigenvalue weighted by Gasteiger charge is 2.15. The summed E-state index contributed by atoms with van der Waals surface area (Å²) >= 11 is 0. The number of carbonyl (C=O) groups excluding carboxylic acids is 1. The fourth-order valence-electron chi connectivity index (χ4n) is 3.37. The molecule has 0 spiro atoms. The molecule has 0 bridgehead atoms. The zero-order valence-electron chi connectivity index (χ0n) is 14.2. The van der Waals surface area contributed by atoms with Gasteiger partial charge in [-0.2, -0.15) is 0 Å². The summed E-state index contributed by atoms with van der Waals surface area (Å²) in [6.07, 6.45) is 2.41. The number of rotatable bonds is 3. The van der Waals surface area contributed by atoms with E-state index >= 15 is 0 Å². The highest BCUT2D eigenvalue weighted by Crippen LogP contribution is 2.24. The third-order valence-corrected chi connectivity index (χ3v) is 4.69. The predicted molar refractivity (Wildman–Crippen MR) is 98.0 cm³/mol. The molecule has 1 aliphatic heterocycles. The smallest absolute Gasteiger partial charge is 0.255 e. The number of nitrogens with zero attached hydrogens (tertiary/aromatic N) is 1. The van der Waals surface area contributed by atoms with E-state index in [0.717, 1.165) is 24.2 Å². The summed E-state index contributed by atoms with van der Waals surface area (Å²) in [5.41, 5.74) is 4.13. The maximum Gasteiger partial charge on any atom is 0.255 e. The number of piperidine rings is 1. The minimum Gasteiger partial charge on any atom is -0.441 e. The first kappa shape index (κ1) is 15.8. The van der Waals surface area contributed by atoms with Crippen LogP contribution in [0.4, 0.5) is 5.69 Å². The van der Waals surface area contributed by atoms with Crippen molar-refractivity contribution >= 4 is 22.7 Å². The van der Waals surface area contributed by atoms with Crippen LogP contribution in [-0.4, -0.2) is 24.0 Å². The molecule has 2 heterocycles. The number of aromatic nitrogens is 1. The molecule has 3 aromatic rings. The maximum absolute atomic E-state index is 12.5. The summed E-state index contributed by atoms with van der Waals surface area (Å²) in [7, 11) is 0. The predicted octanol–water partition coefficient (Wildman–Crippen LogP) is 3.86. The van der Waals surface area contributed by atoms with Crippen molar-refractivity contribution in [3.63, 3.8) is 0 Å². The van der Waals surface area contributed by atoms with E-state index in [1.165, 1.54) is 18.4 Å². The van der Waals surface area contributed by atoms with Gasteiger partial charge in [-0.05, 0) is 61.2 Å². The number of anilines is 1. The number of hydrogen-bond acceptors (Lipinski definition) is 4. The van der Waals surface area contributed by atoms with Crippen molar-refractivity contribution in [2.24, 2.45) is 0 Å². The summed E-state index contributed by atoms with van der Waals surface area (Å²) in [6.45, 7) is 3.93. The van der Waals surface area contributed by atoms with Crippen molar-refractivity contribution < 1.29 is 9.21 Å². The quantitative estimate of drug-likeness (QED) is 0.763. The molecule has 1 unspecified atom stereocenters. The largest absolute Gasteiger partial charge is 0.441 e. The van der Waals surface area contributed by atoms with Crippen LogP contribution in [0.25, 0.3) is 11.1 Å². The maximum atomic E-state index is 12.5. The van der Waals surface area contributed by atoms with Crippen LogP contribution < -0.4 is 10.6 Å². The minimum atomic E-state index is -0.118. The van der Waals surface area contributed by atoms with E-state index in [9.17, 15) is 4.79 Å². The van der Waals surface area contributed by atoms with Crippen LogP contribution in [0.2, 0.25) is 0 Å². The van der Waals surface area contributed by atoms with Gasteiger partial charge in [-0.3, -0.25) is 4.79 Å².